The highest BCUT2D eigenvalue weighted by molar-refractivity contribution is 7.98. The van der Waals surface area contributed by atoms with E-state index in [1.807, 2.05) is 13.2 Å². The zero-order valence-electron chi connectivity index (χ0n) is 10.0. The largest absolute Gasteiger partial charge is 0.317 e. The van der Waals surface area contributed by atoms with Crippen molar-refractivity contribution in [3.8, 4) is 0 Å². The molecule has 1 atom stereocenters. The summed E-state index contributed by atoms with van der Waals surface area (Å²) in [5.74, 6) is 1.43. The lowest BCUT2D eigenvalue weighted by Gasteiger charge is -2.23. The minimum atomic E-state index is -3.09. The van der Waals surface area contributed by atoms with E-state index in [0.29, 0.717) is 5.92 Å². The number of sulfonamides is 1. The summed E-state index contributed by atoms with van der Waals surface area (Å²) in [5.41, 5.74) is 0. The molecule has 0 bridgehead atoms. The third-order valence-electron chi connectivity index (χ3n) is 2.71. The monoisotopic (exact) mass is 266 g/mol. The summed E-state index contributed by atoms with van der Waals surface area (Å²) in [6.07, 6.45) is 3.92. The van der Waals surface area contributed by atoms with Crippen LogP contribution < -0.4 is 10.0 Å². The van der Waals surface area contributed by atoms with Crippen molar-refractivity contribution in [2.75, 3.05) is 30.9 Å². The fraction of sp³-hybridized carbons (Fsp3) is 1.00. The number of hydrogen-bond donors (Lipinski definition) is 2. The summed E-state index contributed by atoms with van der Waals surface area (Å²) < 4.78 is 26.4. The van der Waals surface area contributed by atoms with Crippen LogP contribution in [0.1, 0.15) is 19.8 Å². The van der Waals surface area contributed by atoms with Gasteiger partial charge in [-0.2, -0.15) is 11.8 Å². The lowest BCUT2D eigenvalue weighted by Crippen LogP contribution is -2.39. The van der Waals surface area contributed by atoms with Crippen molar-refractivity contribution in [1.82, 2.24) is 10.0 Å². The van der Waals surface area contributed by atoms with E-state index in [-0.39, 0.29) is 11.8 Å². The van der Waals surface area contributed by atoms with E-state index < -0.39 is 10.0 Å². The van der Waals surface area contributed by atoms with E-state index in [0.717, 1.165) is 31.7 Å². The second-order valence-corrected chi connectivity index (χ2v) is 7.16. The molecule has 0 amide bonds. The summed E-state index contributed by atoms with van der Waals surface area (Å²) >= 11 is 1.66. The van der Waals surface area contributed by atoms with Crippen molar-refractivity contribution in [3.63, 3.8) is 0 Å². The normalized spacial score (nSPS) is 20.9. The molecule has 96 valence electrons. The average Bonchev–Trinajstić information content (AvgIpc) is 2.17. The zero-order chi connectivity index (χ0) is 12.0. The standard InChI is InChI=1S/C10H22N2O2S2/c1-9(7-15-2)12-16(13,14)8-10-3-5-11-6-4-10/h9-12H,3-8H2,1-2H3. The Balaban J connectivity index is 2.38. The van der Waals surface area contributed by atoms with Gasteiger partial charge in [0.2, 0.25) is 10.0 Å². The van der Waals surface area contributed by atoms with Gasteiger partial charge < -0.3 is 5.32 Å². The van der Waals surface area contributed by atoms with E-state index in [4.69, 9.17) is 0 Å². The van der Waals surface area contributed by atoms with Gasteiger partial charge in [0.15, 0.2) is 0 Å². The lowest BCUT2D eigenvalue weighted by molar-refractivity contribution is 0.399. The SMILES string of the molecule is CSCC(C)NS(=O)(=O)CC1CCNCC1. The Morgan fingerprint density at radius 3 is 2.62 bits per heavy atom. The maximum atomic E-state index is 11.8. The smallest absolute Gasteiger partial charge is 0.212 e. The van der Waals surface area contributed by atoms with E-state index in [2.05, 4.69) is 10.0 Å². The van der Waals surface area contributed by atoms with E-state index >= 15 is 0 Å². The maximum Gasteiger partial charge on any atom is 0.212 e. The van der Waals surface area contributed by atoms with E-state index in [9.17, 15) is 8.42 Å². The molecule has 1 aliphatic heterocycles. The Kier molecular flexibility index (Phi) is 6.10. The Bertz CT molecular complexity index is 287. The summed E-state index contributed by atoms with van der Waals surface area (Å²) in [5, 5.41) is 3.24. The predicted molar refractivity (Wildman–Crippen MR) is 70.4 cm³/mol. The van der Waals surface area contributed by atoms with Crippen LogP contribution in [0.15, 0.2) is 0 Å². The van der Waals surface area contributed by atoms with Crippen LogP contribution in [0.3, 0.4) is 0 Å². The van der Waals surface area contributed by atoms with Gasteiger partial charge in [-0.15, -0.1) is 0 Å². The summed E-state index contributed by atoms with van der Waals surface area (Å²) in [4.78, 5) is 0. The van der Waals surface area contributed by atoms with Gasteiger partial charge in [-0.3, -0.25) is 0 Å². The van der Waals surface area contributed by atoms with Gasteiger partial charge in [0.1, 0.15) is 0 Å². The second-order valence-electron chi connectivity index (χ2n) is 4.45. The van der Waals surface area contributed by atoms with E-state index in [1.54, 1.807) is 11.8 Å². The van der Waals surface area contributed by atoms with Gasteiger partial charge in [-0.05, 0) is 45.0 Å². The molecule has 0 aliphatic carbocycles. The average molecular weight is 266 g/mol. The third-order valence-corrected chi connectivity index (χ3v) is 5.22. The molecule has 1 heterocycles. The number of nitrogens with one attached hydrogen (secondary N) is 2. The number of rotatable bonds is 6. The summed E-state index contributed by atoms with van der Waals surface area (Å²) in [6, 6.07) is 0.0294. The van der Waals surface area contributed by atoms with Crippen LogP contribution in [-0.4, -0.2) is 45.3 Å². The van der Waals surface area contributed by atoms with Crippen LogP contribution in [0.4, 0.5) is 0 Å². The summed E-state index contributed by atoms with van der Waals surface area (Å²) in [6.45, 7) is 3.80. The molecule has 1 rings (SSSR count). The molecule has 0 aromatic carbocycles. The molecule has 6 heteroatoms. The summed E-state index contributed by atoms with van der Waals surface area (Å²) in [7, 11) is -3.09. The first-order valence-electron chi connectivity index (χ1n) is 5.73. The molecule has 0 radical (unpaired) electrons. The predicted octanol–water partition coefficient (Wildman–Crippen LogP) is 0.657. The molecule has 1 unspecified atom stereocenters. The molecule has 0 aromatic rings. The van der Waals surface area contributed by atoms with Crippen LogP contribution in [0, 0.1) is 5.92 Å². The Labute approximate surface area is 103 Å². The lowest BCUT2D eigenvalue weighted by atomic mass is 10.0. The van der Waals surface area contributed by atoms with Crippen molar-refractivity contribution in [2.45, 2.75) is 25.8 Å². The molecular weight excluding hydrogens is 244 g/mol. The Morgan fingerprint density at radius 1 is 1.44 bits per heavy atom. The van der Waals surface area contributed by atoms with Gasteiger partial charge >= 0.3 is 0 Å². The van der Waals surface area contributed by atoms with Crippen molar-refractivity contribution in [2.24, 2.45) is 5.92 Å². The number of thioether (sulfide) groups is 1. The maximum absolute atomic E-state index is 11.8. The molecule has 4 nitrogen and oxygen atoms in total. The third kappa shape index (κ3) is 5.52. The molecule has 1 saturated heterocycles. The molecule has 0 saturated carbocycles. The molecule has 0 spiro atoms. The van der Waals surface area contributed by atoms with Crippen molar-refractivity contribution in [1.29, 1.82) is 0 Å². The van der Waals surface area contributed by atoms with Crippen molar-refractivity contribution < 1.29 is 8.42 Å². The van der Waals surface area contributed by atoms with Gasteiger partial charge in [-0.1, -0.05) is 0 Å². The van der Waals surface area contributed by atoms with Crippen molar-refractivity contribution in [3.05, 3.63) is 0 Å². The van der Waals surface area contributed by atoms with Crippen LogP contribution in [-0.2, 0) is 10.0 Å². The quantitative estimate of drug-likeness (QED) is 0.741. The van der Waals surface area contributed by atoms with Crippen LogP contribution >= 0.6 is 11.8 Å². The number of hydrogen-bond acceptors (Lipinski definition) is 4. The Hall–Kier alpha value is 0.220. The first-order chi connectivity index (χ1) is 7.53. The zero-order valence-corrected chi connectivity index (χ0v) is 11.7. The topological polar surface area (TPSA) is 58.2 Å². The molecule has 1 fully saturated rings. The van der Waals surface area contributed by atoms with Gasteiger partial charge in [0.25, 0.3) is 0 Å². The minimum Gasteiger partial charge on any atom is -0.317 e. The molecule has 1 aliphatic rings. The Morgan fingerprint density at radius 2 is 2.06 bits per heavy atom. The fourth-order valence-corrected chi connectivity index (χ4v) is 4.43. The highest BCUT2D eigenvalue weighted by Gasteiger charge is 2.22. The van der Waals surface area contributed by atoms with Crippen LogP contribution in [0.2, 0.25) is 0 Å². The molecule has 0 aromatic heterocycles. The molecule has 16 heavy (non-hydrogen) atoms. The first-order valence-corrected chi connectivity index (χ1v) is 8.78. The first kappa shape index (κ1) is 14.3. The van der Waals surface area contributed by atoms with Gasteiger partial charge in [-0.25, -0.2) is 13.1 Å². The molecule has 2 N–H and O–H groups in total. The molecular formula is C10H22N2O2S2. The van der Waals surface area contributed by atoms with E-state index in [1.165, 1.54) is 0 Å². The van der Waals surface area contributed by atoms with Crippen molar-refractivity contribution >= 4 is 21.8 Å². The van der Waals surface area contributed by atoms with Crippen LogP contribution in [0.5, 0.6) is 0 Å². The van der Waals surface area contributed by atoms with Gasteiger partial charge in [0, 0.05) is 11.8 Å². The number of piperidine rings is 1. The van der Waals surface area contributed by atoms with Crippen LogP contribution in [0.25, 0.3) is 0 Å². The highest BCUT2D eigenvalue weighted by Crippen LogP contribution is 2.14. The van der Waals surface area contributed by atoms with Gasteiger partial charge in [0.05, 0.1) is 5.75 Å². The fourth-order valence-electron chi connectivity index (χ4n) is 2.00. The second kappa shape index (κ2) is 6.83. The minimum absolute atomic E-state index is 0.0294. The highest BCUT2D eigenvalue weighted by atomic mass is 32.2.